The Morgan fingerprint density at radius 3 is 2.55 bits per heavy atom. The second kappa shape index (κ2) is 2.69. The fourth-order valence-corrected chi connectivity index (χ4v) is 0.848. The lowest BCUT2D eigenvalue weighted by atomic mass is 10.4. The Labute approximate surface area is 62.7 Å². The average molecular weight is 155 g/mol. The van der Waals surface area contributed by atoms with Crippen LogP contribution in [-0.4, -0.2) is 14.8 Å². The summed E-state index contributed by atoms with van der Waals surface area (Å²) in [5.41, 5.74) is -0.837. The molecule has 0 saturated heterocycles. The molecule has 11 heavy (non-hydrogen) atoms. The third kappa shape index (κ3) is 1.36. The van der Waals surface area contributed by atoms with Crippen LogP contribution in [0.3, 0.4) is 0 Å². The van der Waals surface area contributed by atoms with E-state index in [0.717, 1.165) is 10.8 Å². The first-order valence-corrected chi connectivity index (χ1v) is 3.29. The summed E-state index contributed by atoms with van der Waals surface area (Å²) in [7, 11) is 0. The molecule has 0 aliphatic rings. The van der Waals surface area contributed by atoms with Gasteiger partial charge in [-0.1, -0.05) is 0 Å². The molecule has 5 nitrogen and oxygen atoms in total. The Hall–Kier alpha value is -1.39. The molecule has 1 aromatic rings. The second-order valence-electron chi connectivity index (χ2n) is 2.48. The van der Waals surface area contributed by atoms with Crippen molar-refractivity contribution < 1.29 is 0 Å². The van der Waals surface area contributed by atoms with E-state index in [1.54, 1.807) is 13.8 Å². The number of hydrogen-bond acceptors (Lipinski definition) is 3. The third-order valence-electron chi connectivity index (χ3n) is 1.31. The molecule has 60 valence electrons. The highest BCUT2D eigenvalue weighted by molar-refractivity contribution is 4.75. The highest BCUT2D eigenvalue weighted by atomic mass is 16.2. The van der Waals surface area contributed by atoms with Crippen LogP contribution in [0.4, 0.5) is 0 Å². The van der Waals surface area contributed by atoms with Gasteiger partial charge in [-0.3, -0.25) is 9.36 Å². The van der Waals surface area contributed by atoms with Gasteiger partial charge in [0.2, 0.25) is 0 Å². The molecule has 0 spiro atoms. The SMILES string of the molecule is CC(C)n1c(=O)cn[nH]c1=O. The number of H-pyrrole nitrogens is 1. The van der Waals surface area contributed by atoms with E-state index in [0.29, 0.717) is 0 Å². The molecule has 0 aromatic carbocycles. The zero-order valence-electron chi connectivity index (χ0n) is 6.37. The summed E-state index contributed by atoms with van der Waals surface area (Å²) in [4.78, 5) is 21.9. The van der Waals surface area contributed by atoms with Crippen molar-refractivity contribution in [2.24, 2.45) is 0 Å². The molecule has 0 aliphatic carbocycles. The predicted octanol–water partition coefficient (Wildman–Crippen LogP) is -0.487. The van der Waals surface area contributed by atoms with Crippen LogP contribution < -0.4 is 11.2 Å². The molecule has 1 N–H and O–H groups in total. The first-order chi connectivity index (χ1) is 5.13. The quantitative estimate of drug-likeness (QED) is 0.595. The maximum Gasteiger partial charge on any atom is 0.345 e. The number of nitrogens with one attached hydrogen (secondary N) is 1. The molecule has 0 fully saturated rings. The molecule has 0 radical (unpaired) electrons. The van der Waals surface area contributed by atoms with Gasteiger partial charge in [-0.05, 0) is 13.8 Å². The third-order valence-corrected chi connectivity index (χ3v) is 1.31. The summed E-state index contributed by atoms with van der Waals surface area (Å²) < 4.78 is 1.10. The minimum Gasteiger partial charge on any atom is -0.267 e. The van der Waals surface area contributed by atoms with E-state index < -0.39 is 5.69 Å². The van der Waals surface area contributed by atoms with Gasteiger partial charge in [0.05, 0.1) is 0 Å². The lowest BCUT2D eigenvalue weighted by Gasteiger charge is -2.04. The first kappa shape index (κ1) is 7.71. The second-order valence-corrected chi connectivity index (χ2v) is 2.48. The highest BCUT2D eigenvalue weighted by Gasteiger charge is 2.03. The molecule has 5 heteroatoms. The van der Waals surface area contributed by atoms with Crippen molar-refractivity contribution in [2.75, 3.05) is 0 Å². The van der Waals surface area contributed by atoms with E-state index in [1.165, 1.54) is 0 Å². The van der Waals surface area contributed by atoms with Crippen molar-refractivity contribution in [1.29, 1.82) is 0 Å². The molecule has 0 bridgehead atoms. The standard InChI is InChI=1S/C6H9N3O2/c1-4(2)9-5(10)3-7-8-6(9)11/h3-4H,1-2H3,(H,8,11). The minimum absolute atomic E-state index is 0.130. The maximum atomic E-state index is 11.0. The topological polar surface area (TPSA) is 67.8 Å². The summed E-state index contributed by atoms with van der Waals surface area (Å²) in [6.07, 6.45) is 1.08. The summed E-state index contributed by atoms with van der Waals surface area (Å²) >= 11 is 0. The Morgan fingerprint density at radius 1 is 1.55 bits per heavy atom. The monoisotopic (exact) mass is 155 g/mol. The summed E-state index contributed by atoms with van der Waals surface area (Å²) in [6, 6.07) is -0.130. The zero-order chi connectivity index (χ0) is 8.43. The van der Waals surface area contributed by atoms with Crippen LogP contribution >= 0.6 is 0 Å². The van der Waals surface area contributed by atoms with Crippen LogP contribution in [0.5, 0.6) is 0 Å². The van der Waals surface area contributed by atoms with Crippen LogP contribution in [-0.2, 0) is 0 Å². The number of hydrogen-bond donors (Lipinski definition) is 1. The van der Waals surface area contributed by atoms with Crippen molar-refractivity contribution in [3.05, 3.63) is 27.0 Å². The molecule has 0 amide bonds. The smallest absolute Gasteiger partial charge is 0.267 e. The van der Waals surface area contributed by atoms with Crippen molar-refractivity contribution in [1.82, 2.24) is 14.8 Å². The fourth-order valence-electron chi connectivity index (χ4n) is 0.848. The van der Waals surface area contributed by atoms with E-state index >= 15 is 0 Å². The zero-order valence-corrected chi connectivity index (χ0v) is 6.37. The number of rotatable bonds is 1. The van der Waals surface area contributed by atoms with Crippen molar-refractivity contribution >= 4 is 0 Å². The van der Waals surface area contributed by atoms with Gasteiger partial charge < -0.3 is 0 Å². The van der Waals surface area contributed by atoms with E-state index in [2.05, 4.69) is 10.2 Å². The average Bonchev–Trinajstić information content (AvgIpc) is 1.85. The van der Waals surface area contributed by atoms with Crippen LogP contribution in [0, 0.1) is 0 Å². The van der Waals surface area contributed by atoms with Gasteiger partial charge in [-0.15, -0.1) is 0 Å². The van der Waals surface area contributed by atoms with E-state index in [1.807, 2.05) is 0 Å². The Kier molecular flexibility index (Phi) is 1.89. The molecule has 0 saturated carbocycles. The number of aromatic amines is 1. The molecule has 0 unspecified atom stereocenters. The van der Waals surface area contributed by atoms with E-state index in [9.17, 15) is 9.59 Å². The van der Waals surface area contributed by atoms with Crippen LogP contribution in [0.25, 0.3) is 0 Å². The molecule has 1 rings (SSSR count). The largest absolute Gasteiger partial charge is 0.345 e. The van der Waals surface area contributed by atoms with Gasteiger partial charge in [-0.25, -0.2) is 9.89 Å². The highest BCUT2D eigenvalue weighted by Crippen LogP contribution is 1.91. The predicted molar refractivity (Wildman–Crippen MR) is 39.5 cm³/mol. The number of nitrogens with zero attached hydrogens (tertiary/aromatic N) is 2. The van der Waals surface area contributed by atoms with E-state index in [-0.39, 0.29) is 11.6 Å². The van der Waals surface area contributed by atoms with Gasteiger partial charge in [0.1, 0.15) is 6.20 Å². The molecular formula is C6H9N3O2. The fraction of sp³-hybridized carbons (Fsp3) is 0.500. The van der Waals surface area contributed by atoms with Gasteiger partial charge >= 0.3 is 5.69 Å². The van der Waals surface area contributed by atoms with Crippen LogP contribution in [0.15, 0.2) is 15.8 Å². The Balaban J connectivity index is 3.45. The van der Waals surface area contributed by atoms with Crippen LogP contribution in [0.2, 0.25) is 0 Å². The normalized spacial score (nSPS) is 10.5. The van der Waals surface area contributed by atoms with Gasteiger partial charge in [0, 0.05) is 6.04 Å². The molecule has 1 heterocycles. The Morgan fingerprint density at radius 2 is 2.18 bits per heavy atom. The van der Waals surface area contributed by atoms with Crippen molar-refractivity contribution in [2.45, 2.75) is 19.9 Å². The first-order valence-electron chi connectivity index (χ1n) is 3.29. The minimum atomic E-state index is -0.465. The van der Waals surface area contributed by atoms with Gasteiger partial charge in [-0.2, -0.15) is 5.10 Å². The van der Waals surface area contributed by atoms with Gasteiger partial charge in [0.25, 0.3) is 5.56 Å². The molecule has 1 aromatic heterocycles. The summed E-state index contributed by atoms with van der Waals surface area (Å²) in [6.45, 7) is 3.52. The molecular weight excluding hydrogens is 146 g/mol. The summed E-state index contributed by atoms with van der Waals surface area (Å²) in [5, 5.41) is 5.54. The molecule has 0 atom stereocenters. The summed E-state index contributed by atoms with van der Waals surface area (Å²) in [5.74, 6) is 0. The lowest BCUT2D eigenvalue weighted by molar-refractivity contribution is 0.533. The van der Waals surface area contributed by atoms with Crippen LogP contribution in [0.1, 0.15) is 19.9 Å². The van der Waals surface area contributed by atoms with Crippen molar-refractivity contribution in [3.8, 4) is 0 Å². The Bertz CT molecular complexity index is 321. The van der Waals surface area contributed by atoms with Crippen molar-refractivity contribution in [3.63, 3.8) is 0 Å². The number of aromatic nitrogens is 3. The van der Waals surface area contributed by atoms with E-state index in [4.69, 9.17) is 0 Å². The lowest BCUT2D eigenvalue weighted by Crippen LogP contribution is -2.36. The molecule has 0 aliphatic heterocycles. The van der Waals surface area contributed by atoms with Gasteiger partial charge in [0.15, 0.2) is 0 Å². The maximum absolute atomic E-state index is 11.0.